The van der Waals surface area contributed by atoms with Gasteiger partial charge in [0.1, 0.15) is 0 Å². The van der Waals surface area contributed by atoms with Crippen LogP contribution in [0.5, 0.6) is 0 Å². The van der Waals surface area contributed by atoms with Crippen LogP contribution in [0.1, 0.15) is 45.4 Å². The average molecular weight is 228 g/mol. The van der Waals surface area contributed by atoms with E-state index in [1.165, 1.54) is 51.7 Å². The van der Waals surface area contributed by atoms with Crippen molar-refractivity contribution in [3.05, 3.63) is 0 Å². The lowest BCUT2D eigenvalue weighted by Crippen LogP contribution is -2.46. The molecule has 1 unspecified atom stereocenters. The second kappa shape index (κ2) is 8.97. The van der Waals surface area contributed by atoms with Crippen molar-refractivity contribution in [3.63, 3.8) is 0 Å². The van der Waals surface area contributed by atoms with Gasteiger partial charge in [-0.1, -0.05) is 6.92 Å². The fourth-order valence-corrected chi connectivity index (χ4v) is 2.40. The molecule has 0 aromatic carbocycles. The predicted molar refractivity (Wildman–Crippen MR) is 68.7 cm³/mol. The normalized spacial score (nSPS) is 22.5. The number of likely N-dealkylation sites (tertiary alicyclic amines) is 1. The van der Waals surface area contributed by atoms with Gasteiger partial charge in [0.25, 0.3) is 0 Å². The molecule has 1 aliphatic rings. The fraction of sp³-hybridized carbons (Fsp3) is 1.00. The van der Waals surface area contributed by atoms with E-state index in [0.717, 1.165) is 13.0 Å². The Balaban J connectivity index is 2.07. The first-order chi connectivity index (χ1) is 7.86. The maximum Gasteiger partial charge on any atom is 0.0431 e. The van der Waals surface area contributed by atoms with Gasteiger partial charge in [-0.05, 0) is 58.2 Å². The van der Waals surface area contributed by atoms with Gasteiger partial charge in [-0.25, -0.2) is 0 Å². The van der Waals surface area contributed by atoms with Crippen molar-refractivity contribution in [2.24, 2.45) is 0 Å². The van der Waals surface area contributed by atoms with E-state index in [4.69, 9.17) is 5.11 Å². The van der Waals surface area contributed by atoms with Crippen LogP contribution in [-0.2, 0) is 0 Å². The van der Waals surface area contributed by atoms with E-state index >= 15 is 0 Å². The van der Waals surface area contributed by atoms with Gasteiger partial charge in [-0.15, -0.1) is 0 Å². The van der Waals surface area contributed by atoms with Crippen LogP contribution >= 0.6 is 0 Å². The Kier molecular flexibility index (Phi) is 7.81. The molecule has 0 aromatic rings. The number of nitrogens with zero attached hydrogens (tertiary/aromatic N) is 1. The van der Waals surface area contributed by atoms with Crippen LogP contribution in [0.4, 0.5) is 0 Å². The lowest BCUT2D eigenvalue weighted by atomic mass is 10.1. The molecule has 1 atom stereocenters. The molecular weight excluding hydrogens is 200 g/mol. The third-order valence-corrected chi connectivity index (χ3v) is 3.32. The van der Waals surface area contributed by atoms with Gasteiger partial charge in [0.15, 0.2) is 0 Å². The van der Waals surface area contributed by atoms with Crippen molar-refractivity contribution in [1.29, 1.82) is 0 Å². The van der Waals surface area contributed by atoms with Crippen molar-refractivity contribution in [3.8, 4) is 0 Å². The summed E-state index contributed by atoms with van der Waals surface area (Å²) in [6.07, 6.45) is 7.27. The third-order valence-electron chi connectivity index (χ3n) is 3.32. The molecule has 0 aromatic heterocycles. The summed E-state index contributed by atoms with van der Waals surface area (Å²) < 4.78 is 0. The molecule has 1 heterocycles. The largest absolute Gasteiger partial charge is 0.396 e. The summed E-state index contributed by atoms with van der Waals surface area (Å²) in [4.78, 5) is 2.58. The average Bonchev–Trinajstić information content (AvgIpc) is 2.33. The fourth-order valence-electron chi connectivity index (χ4n) is 2.40. The Morgan fingerprint density at radius 1 is 1.31 bits per heavy atom. The second-order valence-electron chi connectivity index (χ2n) is 4.88. The van der Waals surface area contributed by atoms with Crippen molar-refractivity contribution in [2.45, 2.75) is 51.5 Å². The number of piperidine rings is 1. The topological polar surface area (TPSA) is 35.5 Å². The van der Waals surface area contributed by atoms with Crippen LogP contribution in [0.3, 0.4) is 0 Å². The molecule has 96 valence electrons. The van der Waals surface area contributed by atoms with Crippen LogP contribution in [0, 0.1) is 0 Å². The number of aliphatic hydroxyl groups is 1. The quantitative estimate of drug-likeness (QED) is 0.620. The van der Waals surface area contributed by atoms with Crippen LogP contribution in [-0.4, -0.2) is 48.8 Å². The first-order valence-electron chi connectivity index (χ1n) is 6.93. The van der Waals surface area contributed by atoms with Gasteiger partial charge in [-0.2, -0.15) is 0 Å². The Hall–Kier alpha value is -0.120. The third kappa shape index (κ3) is 5.83. The molecule has 0 spiro atoms. The van der Waals surface area contributed by atoms with Gasteiger partial charge >= 0.3 is 0 Å². The van der Waals surface area contributed by atoms with Gasteiger partial charge in [0.05, 0.1) is 0 Å². The van der Waals surface area contributed by atoms with E-state index < -0.39 is 0 Å². The van der Waals surface area contributed by atoms with E-state index in [1.807, 2.05) is 0 Å². The minimum Gasteiger partial charge on any atom is -0.396 e. The summed E-state index contributed by atoms with van der Waals surface area (Å²) in [5.41, 5.74) is 0. The lowest BCUT2D eigenvalue weighted by Gasteiger charge is -2.33. The molecule has 1 fully saturated rings. The molecule has 0 radical (unpaired) electrons. The monoisotopic (exact) mass is 228 g/mol. The summed E-state index contributed by atoms with van der Waals surface area (Å²) in [6.45, 7) is 7.43. The minimum absolute atomic E-state index is 0.348. The first kappa shape index (κ1) is 13.9. The summed E-state index contributed by atoms with van der Waals surface area (Å²) in [5.74, 6) is 0. The van der Waals surface area contributed by atoms with E-state index in [9.17, 15) is 0 Å². The summed E-state index contributed by atoms with van der Waals surface area (Å²) in [5, 5.41) is 12.3. The highest BCUT2D eigenvalue weighted by Crippen LogP contribution is 2.11. The Bertz CT molecular complexity index is 164. The number of unbranched alkanes of at least 4 members (excludes halogenated alkanes) is 2. The van der Waals surface area contributed by atoms with Crippen LogP contribution < -0.4 is 5.32 Å². The highest BCUT2D eigenvalue weighted by Gasteiger charge is 2.18. The molecule has 0 amide bonds. The number of rotatable bonds is 8. The van der Waals surface area contributed by atoms with Gasteiger partial charge in [0.2, 0.25) is 0 Å². The van der Waals surface area contributed by atoms with E-state index in [1.54, 1.807) is 0 Å². The predicted octanol–water partition coefficient (Wildman–Crippen LogP) is 1.61. The minimum atomic E-state index is 0.348. The summed E-state index contributed by atoms with van der Waals surface area (Å²) >= 11 is 0. The second-order valence-corrected chi connectivity index (χ2v) is 4.88. The highest BCUT2D eigenvalue weighted by molar-refractivity contribution is 4.77. The Morgan fingerprint density at radius 3 is 2.94 bits per heavy atom. The van der Waals surface area contributed by atoms with Crippen molar-refractivity contribution in [2.75, 3.05) is 32.8 Å². The molecule has 1 saturated heterocycles. The zero-order chi connectivity index (χ0) is 11.6. The van der Waals surface area contributed by atoms with Crippen LogP contribution in [0.25, 0.3) is 0 Å². The zero-order valence-electron chi connectivity index (χ0n) is 10.7. The molecule has 0 saturated carbocycles. The molecule has 1 rings (SSSR count). The lowest BCUT2D eigenvalue weighted by molar-refractivity contribution is 0.185. The van der Waals surface area contributed by atoms with E-state index in [0.29, 0.717) is 12.6 Å². The van der Waals surface area contributed by atoms with Crippen LogP contribution in [0.2, 0.25) is 0 Å². The Morgan fingerprint density at radius 2 is 2.19 bits per heavy atom. The molecular formula is C13H28N2O. The van der Waals surface area contributed by atoms with Gasteiger partial charge < -0.3 is 15.3 Å². The summed E-state index contributed by atoms with van der Waals surface area (Å²) in [7, 11) is 0. The van der Waals surface area contributed by atoms with Crippen molar-refractivity contribution >= 4 is 0 Å². The highest BCUT2D eigenvalue weighted by atomic mass is 16.2. The van der Waals surface area contributed by atoms with E-state index in [-0.39, 0.29) is 0 Å². The number of aliphatic hydroxyl groups excluding tert-OH is 1. The molecule has 16 heavy (non-hydrogen) atoms. The first-order valence-corrected chi connectivity index (χ1v) is 6.93. The maximum absolute atomic E-state index is 8.72. The van der Waals surface area contributed by atoms with E-state index in [2.05, 4.69) is 17.1 Å². The summed E-state index contributed by atoms with van der Waals surface area (Å²) in [6, 6.07) is 0.714. The van der Waals surface area contributed by atoms with Crippen molar-refractivity contribution < 1.29 is 5.11 Å². The smallest absolute Gasteiger partial charge is 0.0431 e. The standard InChI is InChI=1S/C13H28N2O/c1-2-8-14-13-7-6-10-15(12-13)9-4-3-5-11-16/h13-14,16H,2-12H2,1H3. The maximum atomic E-state index is 8.72. The van der Waals surface area contributed by atoms with Gasteiger partial charge in [-0.3, -0.25) is 0 Å². The molecule has 1 aliphatic heterocycles. The Labute approximate surface area is 100 Å². The number of hydrogen-bond donors (Lipinski definition) is 2. The molecule has 3 nitrogen and oxygen atoms in total. The molecule has 0 bridgehead atoms. The molecule has 2 N–H and O–H groups in total. The SMILES string of the molecule is CCCNC1CCCN(CCCCCO)C1. The van der Waals surface area contributed by atoms with Gasteiger partial charge in [0, 0.05) is 19.2 Å². The number of nitrogens with one attached hydrogen (secondary N) is 1. The number of hydrogen-bond acceptors (Lipinski definition) is 3. The molecule has 3 heteroatoms. The van der Waals surface area contributed by atoms with Crippen molar-refractivity contribution in [1.82, 2.24) is 10.2 Å². The van der Waals surface area contributed by atoms with Crippen LogP contribution in [0.15, 0.2) is 0 Å². The zero-order valence-corrected chi connectivity index (χ0v) is 10.7. The molecule has 0 aliphatic carbocycles.